The summed E-state index contributed by atoms with van der Waals surface area (Å²) in [4.78, 5) is 0. The van der Waals surface area contributed by atoms with Crippen LogP contribution in [0.3, 0.4) is 0 Å². The molecule has 108 valence electrons. The lowest BCUT2D eigenvalue weighted by atomic mass is 10.0. The molecule has 0 radical (unpaired) electrons. The van der Waals surface area contributed by atoms with Crippen molar-refractivity contribution in [1.29, 1.82) is 0 Å². The maximum Gasteiger partial charge on any atom is 0.0641 e. The Labute approximate surface area is 120 Å². The molecule has 1 fully saturated rings. The topological polar surface area (TPSA) is 55.9 Å². The maximum absolute atomic E-state index is 5.75. The molecule has 3 atom stereocenters. The van der Waals surface area contributed by atoms with E-state index in [1.807, 2.05) is 0 Å². The van der Waals surface area contributed by atoms with Crippen LogP contribution in [0.1, 0.15) is 51.3 Å². The van der Waals surface area contributed by atoms with Crippen LogP contribution in [0.2, 0.25) is 0 Å². The molecule has 0 aromatic carbocycles. The molecule has 2 heterocycles. The monoisotopic (exact) mass is 282 g/mol. The highest BCUT2D eigenvalue weighted by Crippen LogP contribution is 2.28. The summed E-state index contributed by atoms with van der Waals surface area (Å²) in [6.07, 6.45) is 8.07. The molecule has 2 rings (SSSR count). The van der Waals surface area contributed by atoms with Crippen molar-refractivity contribution in [3.8, 4) is 0 Å². The van der Waals surface area contributed by atoms with Crippen LogP contribution < -0.4 is 11.3 Å². The number of nitrogens with zero attached hydrogens (tertiary/aromatic N) is 2. The Morgan fingerprint density at radius 2 is 2.42 bits per heavy atom. The third kappa shape index (κ3) is 3.97. The van der Waals surface area contributed by atoms with E-state index in [2.05, 4.69) is 53.1 Å². The fourth-order valence-electron chi connectivity index (χ4n) is 2.52. The van der Waals surface area contributed by atoms with Crippen LogP contribution in [-0.4, -0.2) is 26.8 Å². The van der Waals surface area contributed by atoms with Crippen molar-refractivity contribution in [3.05, 3.63) is 18.0 Å². The standard InChI is InChI=1S/C14H26N4S/c1-3-11(2)18-8-7-12(17-18)10-13(16-15)14-6-4-5-9-19-14/h7-8,11,13-14,16H,3-6,9-10,15H2,1-2H3. The molecule has 19 heavy (non-hydrogen) atoms. The van der Waals surface area contributed by atoms with Gasteiger partial charge in [-0.05, 0) is 38.0 Å². The van der Waals surface area contributed by atoms with Gasteiger partial charge in [-0.15, -0.1) is 0 Å². The van der Waals surface area contributed by atoms with E-state index in [9.17, 15) is 0 Å². The summed E-state index contributed by atoms with van der Waals surface area (Å²) in [5.41, 5.74) is 4.15. The fourth-order valence-corrected chi connectivity index (χ4v) is 3.94. The lowest BCUT2D eigenvalue weighted by molar-refractivity contribution is 0.450. The number of rotatable bonds is 6. The largest absolute Gasteiger partial charge is 0.271 e. The van der Waals surface area contributed by atoms with Crippen LogP contribution in [0.5, 0.6) is 0 Å². The number of thioether (sulfide) groups is 1. The Kier molecular flexibility index (Phi) is 5.73. The summed E-state index contributed by atoms with van der Waals surface area (Å²) < 4.78 is 2.07. The molecule has 3 N–H and O–H groups in total. The summed E-state index contributed by atoms with van der Waals surface area (Å²) in [6, 6.07) is 2.94. The van der Waals surface area contributed by atoms with Gasteiger partial charge in [0.25, 0.3) is 0 Å². The van der Waals surface area contributed by atoms with Gasteiger partial charge in [-0.3, -0.25) is 16.0 Å². The summed E-state index contributed by atoms with van der Waals surface area (Å²) in [5.74, 6) is 7.01. The third-order valence-electron chi connectivity index (χ3n) is 4.01. The fraction of sp³-hybridized carbons (Fsp3) is 0.786. The Morgan fingerprint density at radius 1 is 1.58 bits per heavy atom. The molecule has 0 spiro atoms. The van der Waals surface area contributed by atoms with E-state index >= 15 is 0 Å². The number of aromatic nitrogens is 2. The number of nitrogens with two attached hydrogens (primary N) is 1. The SMILES string of the molecule is CCC(C)n1ccc(CC(NN)C2CCCCS2)n1. The average molecular weight is 282 g/mol. The summed E-state index contributed by atoms with van der Waals surface area (Å²) >= 11 is 2.06. The number of hydrogen-bond acceptors (Lipinski definition) is 4. The van der Waals surface area contributed by atoms with Gasteiger partial charge >= 0.3 is 0 Å². The minimum Gasteiger partial charge on any atom is -0.271 e. The van der Waals surface area contributed by atoms with Gasteiger partial charge in [-0.2, -0.15) is 16.9 Å². The molecular weight excluding hydrogens is 256 g/mol. The molecule has 0 saturated carbocycles. The molecule has 1 aliphatic rings. The minimum absolute atomic E-state index is 0.339. The first-order valence-electron chi connectivity index (χ1n) is 7.36. The van der Waals surface area contributed by atoms with Gasteiger partial charge in [0, 0.05) is 30.0 Å². The maximum atomic E-state index is 5.75. The first kappa shape index (κ1) is 14.9. The van der Waals surface area contributed by atoms with Gasteiger partial charge in [0.05, 0.1) is 5.69 Å². The van der Waals surface area contributed by atoms with Gasteiger partial charge in [0.1, 0.15) is 0 Å². The lowest BCUT2D eigenvalue weighted by Gasteiger charge is -2.28. The van der Waals surface area contributed by atoms with Crippen LogP contribution in [0.4, 0.5) is 0 Å². The van der Waals surface area contributed by atoms with Crippen molar-refractivity contribution in [2.75, 3.05) is 5.75 Å². The normalized spacial score (nSPS) is 23.2. The summed E-state index contributed by atoms with van der Waals surface area (Å²) in [5, 5.41) is 5.31. The van der Waals surface area contributed by atoms with Crippen LogP contribution in [0, 0.1) is 0 Å². The Balaban J connectivity index is 1.95. The molecule has 0 aliphatic carbocycles. The van der Waals surface area contributed by atoms with Crippen molar-refractivity contribution < 1.29 is 0 Å². The highest BCUT2D eigenvalue weighted by molar-refractivity contribution is 8.00. The summed E-state index contributed by atoms with van der Waals surface area (Å²) in [6.45, 7) is 4.39. The highest BCUT2D eigenvalue weighted by atomic mass is 32.2. The van der Waals surface area contributed by atoms with E-state index in [0.717, 1.165) is 18.5 Å². The molecule has 5 heteroatoms. The zero-order chi connectivity index (χ0) is 13.7. The smallest absolute Gasteiger partial charge is 0.0641 e. The highest BCUT2D eigenvalue weighted by Gasteiger charge is 2.24. The zero-order valence-corrected chi connectivity index (χ0v) is 12.8. The third-order valence-corrected chi connectivity index (χ3v) is 5.53. The van der Waals surface area contributed by atoms with Crippen LogP contribution in [0.25, 0.3) is 0 Å². The molecule has 1 aromatic heterocycles. The number of hydrazine groups is 1. The van der Waals surface area contributed by atoms with E-state index in [1.165, 1.54) is 25.0 Å². The van der Waals surface area contributed by atoms with Crippen molar-refractivity contribution in [3.63, 3.8) is 0 Å². The lowest BCUT2D eigenvalue weighted by Crippen LogP contribution is -2.45. The van der Waals surface area contributed by atoms with Crippen LogP contribution >= 0.6 is 11.8 Å². The Morgan fingerprint density at radius 3 is 3.05 bits per heavy atom. The molecule has 0 bridgehead atoms. The van der Waals surface area contributed by atoms with Crippen molar-refractivity contribution in [1.82, 2.24) is 15.2 Å². The second-order valence-electron chi connectivity index (χ2n) is 5.43. The molecule has 1 saturated heterocycles. The second kappa shape index (κ2) is 7.31. The van der Waals surface area contributed by atoms with Gasteiger partial charge in [0.15, 0.2) is 0 Å². The number of hydrogen-bond donors (Lipinski definition) is 2. The first-order valence-corrected chi connectivity index (χ1v) is 8.41. The first-order chi connectivity index (χ1) is 9.24. The van der Waals surface area contributed by atoms with Crippen molar-refractivity contribution in [2.24, 2.45) is 5.84 Å². The van der Waals surface area contributed by atoms with E-state index in [-0.39, 0.29) is 0 Å². The summed E-state index contributed by atoms with van der Waals surface area (Å²) in [7, 11) is 0. The molecule has 3 unspecified atom stereocenters. The Bertz CT molecular complexity index is 373. The molecular formula is C14H26N4S. The van der Waals surface area contributed by atoms with E-state index in [4.69, 9.17) is 5.84 Å². The van der Waals surface area contributed by atoms with E-state index in [0.29, 0.717) is 17.3 Å². The van der Waals surface area contributed by atoms with Gasteiger partial charge in [-0.1, -0.05) is 13.3 Å². The molecule has 4 nitrogen and oxygen atoms in total. The molecule has 0 amide bonds. The number of nitrogens with one attached hydrogen (secondary N) is 1. The van der Waals surface area contributed by atoms with Crippen molar-refractivity contribution >= 4 is 11.8 Å². The van der Waals surface area contributed by atoms with E-state index in [1.54, 1.807) is 0 Å². The van der Waals surface area contributed by atoms with E-state index < -0.39 is 0 Å². The zero-order valence-electron chi connectivity index (χ0n) is 12.0. The predicted octanol–water partition coefficient (Wildman–Crippen LogP) is 2.51. The molecule has 1 aliphatic heterocycles. The van der Waals surface area contributed by atoms with Crippen molar-refractivity contribution in [2.45, 2.75) is 63.3 Å². The predicted molar refractivity (Wildman–Crippen MR) is 82.1 cm³/mol. The van der Waals surface area contributed by atoms with Gasteiger partial charge in [-0.25, -0.2) is 0 Å². The van der Waals surface area contributed by atoms with Crippen LogP contribution in [-0.2, 0) is 6.42 Å². The second-order valence-corrected chi connectivity index (χ2v) is 6.77. The molecule has 1 aromatic rings. The van der Waals surface area contributed by atoms with Gasteiger partial charge in [0.2, 0.25) is 0 Å². The quantitative estimate of drug-likeness (QED) is 0.622. The minimum atomic E-state index is 0.339. The van der Waals surface area contributed by atoms with Crippen LogP contribution in [0.15, 0.2) is 12.3 Å². The Hall–Kier alpha value is -0.520. The van der Waals surface area contributed by atoms with Gasteiger partial charge < -0.3 is 0 Å². The average Bonchev–Trinajstić information content (AvgIpc) is 2.93.